The number of ether oxygens (including phenoxy) is 1. The summed E-state index contributed by atoms with van der Waals surface area (Å²) in [6.07, 6.45) is -5.90. The van der Waals surface area contributed by atoms with E-state index in [0.29, 0.717) is 5.56 Å². The molecule has 1 aliphatic rings. The van der Waals surface area contributed by atoms with Crippen LogP contribution in [0.15, 0.2) is 45.6 Å². The first-order valence-corrected chi connectivity index (χ1v) is 8.76. The maximum atomic E-state index is 12.7. The molecule has 0 aliphatic carbocycles. The fraction of sp³-hybridized carbons (Fsp3) is 0.250. The summed E-state index contributed by atoms with van der Waals surface area (Å²) in [5.74, 6) is -0.982. The van der Waals surface area contributed by atoms with Crippen LogP contribution in [0.1, 0.15) is 11.7 Å². The van der Waals surface area contributed by atoms with E-state index in [9.17, 15) is 35.4 Å². The van der Waals surface area contributed by atoms with E-state index in [4.69, 9.17) is 9.15 Å². The zero-order chi connectivity index (χ0) is 20.9. The van der Waals surface area contributed by atoms with Gasteiger partial charge in [0, 0.05) is 17.7 Å². The van der Waals surface area contributed by atoms with E-state index in [2.05, 4.69) is 0 Å². The number of hydrogen-bond donors (Lipinski definition) is 6. The highest BCUT2D eigenvalue weighted by atomic mass is 16.5. The quantitative estimate of drug-likeness (QED) is 0.363. The predicted octanol–water partition coefficient (Wildman–Crippen LogP) is 0.731. The zero-order valence-corrected chi connectivity index (χ0v) is 14.9. The van der Waals surface area contributed by atoms with Crippen LogP contribution in [0, 0.1) is 0 Å². The van der Waals surface area contributed by atoms with Crippen LogP contribution in [-0.4, -0.2) is 55.6 Å². The molecule has 152 valence electrons. The summed E-state index contributed by atoms with van der Waals surface area (Å²) in [5.41, 5.74) is -0.516. The van der Waals surface area contributed by atoms with E-state index in [1.54, 1.807) is 0 Å². The van der Waals surface area contributed by atoms with E-state index in [1.165, 1.54) is 24.3 Å². The molecular weight excluding hydrogens is 384 g/mol. The Hall–Kier alpha value is -3.11. The molecule has 2 aromatic carbocycles. The van der Waals surface area contributed by atoms with Gasteiger partial charge in [0.15, 0.2) is 5.43 Å². The van der Waals surface area contributed by atoms with Crippen LogP contribution in [0.4, 0.5) is 0 Å². The van der Waals surface area contributed by atoms with Gasteiger partial charge in [-0.1, -0.05) is 0 Å². The Labute approximate surface area is 163 Å². The maximum absolute atomic E-state index is 12.7. The first-order valence-electron chi connectivity index (χ1n) is 8.76. The van der Waals surface area contributed by atoms with E-state index in [-0.39, 0.29) is 34.6 Å². The smallest absolute Gasteiger partial charge is 0.197 e. The zero-order valence-electron chi connectivity index (χ0n) is 14.9. The van der Waals surface area contributed by atoms with Crippen LogP contribution in [0.25, 0.3) is 22.3 Å². The van der Waals surface area contributed by atoms with Crippen LogP contribution in [0.2, 0.25) is 0 Å². The average molecular weight is 402 g/mol. The highest BCUT2D eigenvalue weighted by Crippen LogP contribution is 2.43. The number of fused-ring (bicyclic) bond motifs is 1. The summed E-state index contributed by atoms with van der Waals surface area (Å²) in [6, 6.07) is 8.15. The largest absolute Gasteiger partial charge is 0.508 e. The third kappa shape index (κ3) is 3.19. The van der Waals surface area contributed by atoms with Gasteiger partial charge in [-0.3, -0.25) is 4.79 Å². The standard InChI is InChI=1S/C20H18O9/c21-9-3-1-8(2-4-9)13-5-10(22)15-14(29-13)6-11(23)16(18(15)26)20-19(27)17(25)12(24)7-28-20/h1-6,12,17,19-21,23-27H,7H2/t12-,17+,19?,20+/m1/s1. The van der Waals surface area contributed by atoms with Crippen LogP contribution < -0.4 is 5.43 Å². The van der Waals surface area contributed by atoms with Gasteiger partial charge in [0.25, 0.3) is 0 Å². The molecule has 4 atom stereocenters. The van der Waals surface area contributed by atoms with Gasteiger partial charge in [0.2, 0.25) is 0 Å². The highest BCUT2D eigenvalue weighted by molar-refractivity contribution is 5.88. The van der Waals surface area contributed by atoms with E-state index in [0.717, 1.165) is 12.1 Å². The molecule has 4 rings (SSSR count). The van der Waals surface area contributed by atoms with Gasteiger partial charge in [-0.05, 0) is 24.3 Å². The number of phenolic OH excluding ortho intramolecular Hbond substituents is 3. The average Bonchev–Trinajstić information content (AvgIpc) is 2.67. The second-order valence-electron chi connectivity index (χ2n) is 6.86. The molecule has 1 saturated heterocycles. The molecule has 1 fully saturated rings. The maximum Gasteiger partial charge on any atom is 0.197 e. The van der Waals surface area contributed by atoms with Crippen molar-refractivity contribution in [3.8, 4) is 28.6 Å². The minimum Gasteiger partial charge on any atom is -0.508 e. The normalized spacial score (nSPS) is 24.7. The molecule has 0 bridgehead atoms. The molecule has 0 saturated carbocycles. The van der Waals surface area contributed by atoms with Gasteiger partial charge < -0.3 is 39.8 Å². The lowest BCUT2D eigenvalue weighted by atomic mass is 9.92. The first kappa shape index (κ1) is 19.2. The third-order valence-electron chi connectivity index (χ3n) is 4.95. The van der Waals surface area contributed by atoms with E-state index >= 15 is 0 Å². The number of aliphatic hydroxyl groups is 3. The molecule has 0 spiro atoms. The van der Waals surface area contributed by atoms with Gasteiger partial charge in [0.05, 0.1) is 12.2 Å². The molecule has 9 heteroatoms. The summed E-state index contributed by atoms with van der Waals surface area (Å²) >= 11 is 0. The lowest BCUT2D eigenvalue weighted by Crippen LogP contribution is -2.49. The molecule has 0 amide bonds. The minimum absolute atomic E-state index is 0.0372. The minimum atomic E-state index is -1.64. The van der Waals surface area contributed by atoms with Gasteiger partial charge in [0.1, 0.15) is 58.4 Å². The summed E-state index contributed by atoms with van der Waals surface area (Å²) in [4.78, 5) is 12.7. The molecular formula is C20H18O9. The number of benzene rings is 2. The Morgan fingerprint density at radius 2 is 1.62 bits per heavy atom. The molecule has 1 aliphatic heterocycles. The topological polar surface area (TPSA) is 161 Å². The Balaban J connectivity index is 1.86. The van der Waals surface area contributed by atoms with Crippen molar-refractivity contribution >= 4 is 11.0 Å². The lowest BCUT2D eigenvalue weighted by molar-refractivity contribution is -0.189. The number of rotatable bonds is 2. The fourth-order valence-corrected chi connectivity index (χ4v) is 3.41. The van der Waals surface area contributed by atoms with Crippen molar-refractivity contribution in [1.82, 2.24) is 0 Å². The Kier molecular flexibility index (Phi) is 4.67. The van der Waals surface area contributed by atoms with Gasteiger partial charge >= 0.3 is 0 Å². The summed E-state index contributed by atoms with van der Waals surface area (Å²) in [6.45, 7) is -0.339. The van der Waals surface area contributed by atoms with Gasteiger partial charge in [-0.2, -0.15) is 0 Å². The van der Waals surface area contributed by atoms with Crippen LogP contribution in [-0.2, 0) is 4.74 Å². The molecule has 1 unspecified atom stereocenters. The Bertz CT molecular complexity index is 1120. The predicted molar refractivity (Wildman–Crippen MR) is 99.6 cm³/mol. The molecule has 3 aromatic rings. The van der Waals surface area contributed by atoms with Crippen LogP contribution in [0.3, 0.4) is 0 Å². The number of aromatic hydroxyl groups is 3. The van der Waals surface area contributed by atoms with Crippen molar-refractivity contribution < 1.29 is 39.8 Å². The summed E-state index contributed by atoms with van der Waals surface area (Å²) in [7, 11) is 0. The van der Waals surface area contributed by atoms with Gasteiger partial charge in [-0.15, -0.1) is 0 Å². The van der Waals surface area contributed by atoms with Gasteiger partial charge in [-0.25, -0.2) is 0 Å². The second-order valence-corrected chi connectivity index (χ2v) is 6.86. The molecule has 6 N–H and O–H groups in total. The van der Waals surface area contributed by atoms with Crippen molar-refractivity contribution in [1.29, 1.82) is 0 Å². The SMILES string of the molecule is O=c1cc(-c2ccc(O)cc2)oc2cc(O)c([C@@H]3OC[C@@H](O)[C@H](O)C3O)c(O)c12. The molecule has 29 heavy (non-hydrogen) atoms. The number of hydrogen-bond acceptors (Lipinski definition) is 9. The first-order chi connectivity index (χ1) is 13.8. The van der Waals surface area contributed by atoms with E-state index in [1.807, 2.05) is 0 Å². The summed E-state index contributed by atoms with van der Waals surface area (Å²) < 4.78 is 10.9. The fourth-order valence-electron chi connectivity index (χ4n) is 3.41. The monoisotopic (exact) mass is 402 g/mol. The number of aliphatic hydroxyl groups excluding tert-OH is 3. The Morgan fingerprint density at radius 1 is 0.931 bits per heavy atom. The summed E-state index contributed by atoms with van der Waals surface area (Å²) in [5, 5.41) is 59.8. The second kappa shape index (κ2) is 7.05. The third-order valence-corrected chi connectivity index (χ3v) is 4.95. The van der Waals surface area contributed by atoms with Crippen molar-refractivity contribution in [2.24, 2.45) is 0 Å². The molecule has 0 radical (unpaired) electrons. The van der Waals surface area contributed by atoms with E-state index < -0.39 is 41.3 Å². The highest BCUT2D eigenvalue weighted by Gasteiger charge is 2.41. The van der Waals surface area contributed by atoms with Crippen molar-refractivity contribution in [2.75, 3.05) is 6.61 Å². The van der Waals surface area contributed by atoms with Crippen molar-refractivity contribution in [3.63, 3.8) is 0 Å². The molecule has 9 nitrogen and oxygen atoms in total. The Morgan fingerprint density at radius 3 is 2.31 bits per heavy atom. The molecule has 1 aromatic heterocycles. The molecule has 2 heterocycles. The van der Waals surface area contributed by atoms with Crippen LogP contribution in [0.5, 0.6) is 17.2 Å². The van der Waals surface area contributed by atoms with Crippen LogP contribution >= 0.6 is 0 Å². The number of phenols is 3. The van der Waals surface area contributed by atoms with Crippen molar-refractivity contribution in [3.05, 3.63) is 52.2 Å². The lowest BCUT2D eigenvalue weighted by Gasteiger charge is -2.35. The van der Waals surface area contributed by atoms with Crippen molar-refractivity contribution in [2.45, 2.75) is 24.4 Å².